The van der Waals surface area contributed by atoms with Crippen LogP contribution >= 0.6 is 0 Å². The molecule has 2 N–H and O–H groups in total. The van der Waals surface area contributed by atoms with Crippen LogP contribution in [-0.4, -0.2) is 30.4 Å². The number of hydrogen-bond donors (Lipinski definition) is 1. The summed E-state index contributed by atoms with van der Waals surface area (Å²) in [5.41, 5.74) is 7.67. The van der Waals surface area contributed by atoms with E-state index in [1.165, 1.54) is 57.3 Å². The lowest BCUT2D eigenvalue weighted by molar-refractivity contribution is 0.100. The zero-order valence-electron chi connectivity index (χ0n) is 11.4. The molecule has 0 unspecified atom stereocenters. The van der Waals surface area contributed by atoms with E-state index in [0.717, 1.165) is 0 Å². The van der Waals surface area contributed by atoms with Crippen LogP contribution in [0.1, 0.15) is 48.0 Å². The second-order valence-corrected chi connectivity index (χ2v) is 6.02. The minimum Gasteiger partial charge on any atom is -0.366 e. The van der Waals surface area contributed by atoms with E-state index in [2.05, 4.69) is 17.0 Å². The fourth-order valence-corrected chi connectivity index (χ4v) is 3.20. The van der Waals surface area contributed by atoms with Crippen LogP contribution in [0.2, 0.25) is 0 Å². The number of likely N-dealkylation sites (tertiary alicyclic amines) is 1. The molecule has 3 rings (SSSR count). The Bertz CT molecular complexity index is 456. The van der Waals surface area contributed by atoms with Crippen molar-refractivity contribution in [3.8, 4) is 0 Å². The lowest BCUT2D eigenvalue weighted by Gasteiger charge is -2.21. The molecule has 1 saturated carbocycles. The van der Waals surface area contributed by atoms with Gasteiger partial charge in [-0.3, -0.25) is 4.79 Å². The standard InChI is InChI=1S/C16H22N2O/c17-15(19)13-3-5-14(6-4-13)16(7-8-16)9-12-18-10-1-2-11-18/h3-6H,1-2,7-12H2,(H2,17,19). The zero-order chi connectivity index (χ0) is 13.3. The molecular weight excluding hydrogens is 236 g/mol. The minimum absolute atomic E-state index is 0.339. The van der Waals surface area contributed by atoms with Gasteiger partial charge >= 0.3 is 0 Å². The third-order valence-electron chi connectivity index (χ3n) is 4.74. The first-order chi connectivity index (χ1) is 9.20. The number of amides is 1. The molecule has 0 aromatic heterocycles. The summed E-state index contributed by atoms with van der Waals surface area (Å²) in [6, 6.07) is 7.93. The SMILES string of the molecule is NC(=O)c1ccc(C2(CCN3CCCC3)CC2)cc1. The van der Waals surface area contributed by atoms with E-state index < -0.39 is 0 Å². The van der Waals surface area contributed by atoms with Crippen LogP contribution in [0.3, 0.4) is 0 Å². The molecule has 3 heteroatoms. The van der Waals surface area contributed by atoms with Crippen molar-refractivity contribution in [2.45, 2.75) is 37.5 Å². The first kappa shape index (κ1) is 12.7. The highest BCUT2D eigenvalue weighted by molar-refractivity contribution is 5.92. The maximum absolute atomic E-state index is 11.1. The van der Waals surface area contributed by atoms with Crippen molar-refractivity contribution in [1.29, 1.82) is 0 Å². The van der Waals surface area contributed by atoms with E-state index in [4.69, 9.17) is 5.73 Å². The number of primary amides is 1. The number of carbonyl (C=O) groups excluding carboxylic acids is 1. The molecule has 3 nitrogen and oxygen atoms in total. The van der Waals surface area contributed by atoms with Gasteiger partial charge in [0, 0.05) is 5.56 Å². The van der Waals surface area contributed by atoms with Crippen LogP contribution in [0.4, 0.5) is 0 Å². The molecule has 2 aliphatic rings. The van der Waals surface area contributed by atoms with Crippen molar-refractivity contribution in [3.63, 3.8) is 0 Å². The fraction of sp³-hybridized carbons (Fsp3) is 0.562. The van der Waals surface area contributed by atoms with E-state index >= 15 is 0 Å². The summed E-state index contributed by atoms with van der Waals surface area (Å²) >= 11 is 0. The van der Waals surface area contributed by atoms with E-state index in [0.29, 0.717) is 11.0 Å². The fourth-order valence-electron chi connectivity index (χ4n) is 3.20. The Labute approximate surface area is 114 Å². The maximum Gasteiger partial charge on any atom is 0.248 e. The summed E-state index contributed by atoms with van der Waals surface area (Å²) in [5.74, 6) is -0.339. The summed E-state index contributed by atoms with van der Waals surface area (Å²) in [6.45, 7) is 3.77. The van der Waals surface area contributed by atoms with Crippen molar-refractivity contribution in [2.75, 3.05) is 19.6 Å². The van der Waals surface area contributed by atoms with Gasteiger partial charge in [0.15, 0.2) is 0 Å². The van der Waals surface area contributed by atoms with E-state index in [9.17, 15) is 4.79 Å². The first-order valence-corrected chi connectivity index (χ1v) is 7.32. The van der Waals surface area contributed by atoms with Gasteiger partial charge in [0.1, 0.15) is 0 Å². The molecule has 0 atom stereocenters. The van der Waals surface area contributed by atoms with Crippen molar-refractivity contribution in [1.82, 2.24) is 4.90 Å². The molecule has 1 heterocycles. The van der Waals surface area contributed by atoms with Gasteiger partial charge in [0.2, 0.25) is 5.91 Å². The Morgan fingerprint density at radius 3 is 2.32 bits per heavy atom. The number of carbonyl (C=O) groups is 1. The average Bonchev–Trinajstić information content (AvgIpc) is 3.04. The van der Waals surface area contributed by atoms with E-state index in [1.54, 1.807) is 0 Å². The van der Waals surface area contributed by atoms with Gasteiger partial charge in [0.05, 0.1) is 0 Å². The molecule has 1 amide bonds. The van der Waals surface area contributed by atoms with Crippen molar-refractivity contribution >= 4 is 5.91 Å². The summed E-state index contributed by atoms with van der Waals surface area (Å²) in [4.78, 5) is 13.7. The van der Waals surface area contributed by atoms with Crippen molar-refractivity contribution < 1.29 is 4.79 Å². The molecule has 2 fully saturated rings. The Morgan fingerprint density at radius 2 is 1.79 bits per heavy atom. The second-order valence-electron chi connectivity index (χ2n) is 6.02. The molecular formula is C16H22N2O. The largest absolute Gasteiger partial charge is 0.366 e. The maximum atomic E-state index is 11.1. The summed E-state index contributed by atoms with van der Waals surface area (Å²) in [5, 5.41) is 0. The van der Waals surface area contributed by atoms with Crippen LogP contribution in [-0.2, 0) is 5.41 Å². The number of benzene rings is 1. The number of nitrogens with zero attached hydrogens (tertiary/aromatic N) is 1. The van der Waals surface area contributed by atoms with Gasteiger partial charge in [-0.1, -0.05) is 12.1 Å². The number of hydrogen-bond acceptors (Lipinski definition) is 2. The summed E-state index contributed by atoms with van der Waals surface area (Å²) < 4.78 is 0. The van der Waals surface area contributed by atoms with E-state index in [1.807, 2.05) is 12.1 Å². The predicted octanol–water partition coefficient (Wildman–Crippen LogP) is 2.30. The van der Waals surface area contributed by atoms with Crippen LogP contribution < -0.4 is 5.73 Å². The highest BCUT2D eigenvalue weighted by atomic mass is 16.1. The molecule has 1 aromatic rings. The normalized spacial score (nSPS) is 21.5. The average molecular weight is 258 g/mol. The molecule has 19 heavy (non-hydrogen) atoms. The van der Waals surface area contributed by atoms with Gasteiger partial charge in [-0.25, -0.2) is 0 Å². The van der Waals surface area contributed by atoms with Gasteiger partial charge in [-0.2, -0.15) is 0 Å². The molecule has 1 aliphatic carbocycles. The quantitative estimate of drug-likeness (QED) is 0.881. The molecule has 1 aliphatic heterocycles. The van der Waals surface area contributed by atoms with Crippen molar-refractivity contribution in [2.24, 2.45) is 5.73 Å². The van der Waals surface area contributed by atoms with Gasteiger partial charge < -0.3 is 10.6 Å². The number of nitrogens with two attached hydrogens (primary N) is 1. The highest BCUT2D eigenvalue weighted by Crippen LogP contribution is 2.51. The van der Waals surface area contributed by atoms with Gasteiger partial charge in [0.25, 0.3) is 0 Å². The van der Waals surface area contributed by atoms with Crippen molar-refractivity contribution in [3.05, 3.63) is 35.4 Å². The molecule has 0 spiro atoms. The van der Waals surface area contributed by atoms with E-state index in [-0.39, 0.29) is 5.91 Å². The summed E-state index contributed by atoms with van der Waals surface area (Å²) in [6.07, 6.45) is 6.55. The molecule has 1 aromatic carbocycles. The Balaban J connectivity index is 1.64. The van der Waals surface area contributed by atoms with Crippen LogP contribution in [0.25, 0.3) is 0 Å². The zero-order valence-corrected chi connectivity index (χ0v) is 11.4. The smallest absolute Gasteiger partial charge is 0.248 e. The predicted molar refractivity (Wildman–Crippen MR) is 76.2 cm³/mol. The monoisotopic (exact) mass is 258 g/mol. The number of rotatable bonds is 5. The Morgan fingerprint density at radius 1 is 1.16 bits per heavy atom. The van der Waals surface area contributed by atoms with Crippen LogP contribution in [0, 0.1) is 0 Å². The lowest BCUT2D eigenvalue weighted by Crippen LogP contribution is -2.24. The lowest BCUT2D eigenvalue weighted by atomic mass is 9.91. The molecule has 1 saturated heterocycles. The Kier molecular flexibility index (Phi) is 3.31. The third-order valence-corrected chi connectivity index (χ3v) is 4.74. The van der Waals surface area contributed by atoms with Gasteiger partial charge in [-0.05, 0) is 74.8 Å². The van der Waals surface area contributed by atoms with Gasteiger partial charge in [-0.15, -0.1) is 0 Å². The molecule has 0 bridgehead atoms. The first-order valence-electron chi connectivity index (χ1n) is 7.32. The summed E-state index contributed by atoms with van der Waals surface area (Å²) in [7, 11) is 0. The second kappa shape index (κ2) is 4.97. The third kappa shape index (κ3) is 2.66. The Hall–Kier alpha value is -1.35. The highest BCUT2D eigenvalue weighted by Gasteiger charge is 2.43. The molecule has 0 radical (unpaired) electrons. The minimum atomic E-state index is -0.339. The van der Waals surface area contributed by atoms with Crippen LogP contribution in [0.15, 0.2) is 24.3 Å². The molecule has 102 valence electrons. The van der Waals surface area contributed by atoms with Crippen LogP contribution in [0.5, 0.6) is 0 Å². The topological polar surface area (TPSA) is 46.3 Å².